The molecule has 3 heterocycles. The van der Waals surface area contributed by atoms with E-state index in [9.17, 15) is 4.79 Å². The number of ketones is 1. The van der Waals surface area contributed by atoms with Gasteiger partial charge in [0.15, 0.2) is 11.6 Å². The van der Waals surface area contributed by atoms with Gasteiger partial charge < -0.3 is 19.8 Å². The van der Waals surface area contributed by atoms with Gasteiger partial charge in [-0.25, -0.2) is 4.98 Å². The lowest BCUT2D eigenvalue weighted by Gasteiger charge is -2.34. The first-order valence-corrected chi connectivity index (χ1v) is 13.8. The molecule has 2 aromatic heterocycles. The Kier molecular flexibility index (Phi) is 6.55. The fourth-order valence-electron chi connectivity index (χ4n) is 5.22. The lowest BCUT2D eigenvalue weighted by Crippen LogP contribution is -2.44. The van der Waals surface area contributed by atoms with Gasteiger partial charge >= 0.3 is 0 Å². The van der Waals surface area contributed by atoms with Crippen molar-refractivity contribution in [3.8, 4) is 22.6 Å². The summed E-state index contributed by atoms with van der Waals surface area (Å²) in [5.74, 6) is 0.778. The van der Waals surface area contributed by atoms with Gasteiger partial charge in [0.2, 0.25) is 0 Å². The third-order valence-corrected chi connectivity index (χ3v) is 8.25. The highest BCUT2D eigenvalue weighted by atomic mass is 32.2. The summed E-state index contributed by atoms with van der Waals surface area (Å²) in [4.78, 5) is 31.8. The maximum atomic E-state index is 12.8. The predicted octanol–water partition coefficient (Wildman–Crippen LogP) is 6.64. The number of nitrogens with one attached hydrogen (secondary N) is 2. The molecule has 1 aliphatic heterocycles. The average Bonchev–Trinajstić information content (AvgIpc) is 3.50. The highest BCUT2D eigenvalue weighted by molar-refractivity contribution is 7.99. The Balaban J connectivity index is 1.37. The van der Waals surface area contributed by atoms with Gasteiger partial charge in [0.25, 0.3) is 0 Å². The highest BCUT2D eigenvalue weighted by Crippen LogP contribution is 2.38. The molecule has 192 valence electrons. The zero-order chi connectivity index (χ0) is 26.2. The standard InChI is InChI=1S/C31H31N5OS/c1-20-28(21(2)37)29(22-9-12-25(13-10-22)38-24-7-5-4-6-8-24)30(32-20)31-33-26-14-11-23(19-27(26)34-31)36-17-15-35(3)16-18-36/h4-14,19,32H,15-18H2,1-3H3,(H,33,34). The second-order valence-electron chi connectivity index (χ2n) is 9.95. The van der Waals surface area contributed by atoms with Crippen molar-refractivity contribution in [3.63, 3.8) is 0 Å². The predicted molar refractivity (Wildman–Crippen MR) is 156 cm³/mol. The molecule has 6 rings (SSSR count). The molecule has 3 aromatic carbocycles. The molecule has 0 spiro atoms. The van der Waals surface area contributed by atoms with E-state index in [2.05, 4.69) is 81.4 Å². The number of imidazole rings is 1. The van der Waals surface area contributed by atoms with Gasteiger partial charge in [-0.3, -0.25) is 4.79 Å². The minimum Gasteiger partial charge on any atom is -0.369 e. The Hall–Kier alpha value is -3.81. The molecule has 0 bridgehead atoms. The van der Waals surface area contributed by atoms with Crippen LogP contribution in [0.1, 0.15) is 23.0 Å². The Bertz CT molecular complexity index is 1600. The summed E-state index contributed by atoms with van der Waals surface area (Å²) in [7, 11) is 2.17. The minimum absolute atomic E-state index is 0.0381. The molecule has 1 fully saturated rings. The van der Waals surface area contributed by atoms with Crippen molar-refractivity contribution in [1.29, 1.82) is 0 Å². The smallest absolute Gasteiger partial charge is 0.162 e. The van der Waals surface area contributed by atoms with Gasteiger partial charge in [-0.2, -0.15) is 0 Å². The van der Waals surface area contributed by atoms with E-state index in [0.29, 0.717) is 5.56 Å². The fourth-order valence-corrected chi connectivity index (χ4v) is 6.06. The monoisotopic (exact) mass is 521 g/mol. The van der Waals surface area contributed by atoms with Crippen LogP contribution in [-0.2, 0) is 0 Å². The maximum Gasteiger partial charge on any atom is 0.162 e. The van der Waals surface area contributed by atoms with Crippen LogP contribution in [0.5, 0.6) is 0 Å². The van der Waals surface area contributed by atoms with Crippen molar-refractivity contribution in [2.24, 2.45) is 0 Å². The van der Waals surface area contributed by atoms with E-state index < -0.39 is 0 Å². The summed E-state index contributed by atoms with van der Waals surface area (Å²) in [5.41, 5.74) is 7.40. The summed E-state index contributed by atoms with van der Waals surface area (Å²) in [5, 5.41) is 0. The summed E-state index contributed by atoms with van der Waals surface area (Å²) in [6.07, 6.45) is 0. The number of rotatable bonds is 6. The molecule has 1 aliphatic rings. The molecule has 0 amide bonds. The number of benzene rings is 3. The van der Waals surface area contributed by atoms with Crippen molar-refractivity contribution < 1.29 is 4.79 Å². The number of nitrogens with zero attached hydrogens (tertiary/aromatic N) is 3. The quantitative estimate of drug-likeness (QED) is 0.245. The van der Waals surface area contributed by atoms with Gasteiger partial charge in [-0.1, -0.05) is 42.1 Å². The Labute approximate surface area is 227 Å². The molecule has 38 heavy (non-hydrogen) atoms. The van der Waals surface area contributed by atoms with Crippen LogP contribution in [0.2, 0.25) is 0 Å². The van der Waals surface area contributed by atoms with E-state index in [0.717, 1.165) is 70.4 Å². The number of anilines is 1. The molecule has 2 N–H and O–H groups in total. The molecule has 0 aliphatic carbocycles. The molecule has 0 saturated carbocycles. The van der Waals surface area contributed by atoms with Gasteiger partial charge in [-0.05, 0) is 68.9 Å². The third-order valence-electron chi connectivity index (χ3n) is 7.23. The number of piperazine rings is 1. The summed E-state index contributed by atoms with van der Waals surface area (Å²) in [6.45, 7) is 7.75. The number of aryl methyl sites for hydroxylation is 1. The van der Waals surface area contributed by atoms with Crippen LogP contribution in [0.3, 0.4) is 0 Å². The van der Waals surface area contributed by atoms with Gasteiger partial charge in [-0.15, -0.1) is 0 Å². The van der Waals surface area contributed by atoms with E-state index in [1.54, 1.807) is 18.7 Å². The van der Waals surface area contributed by atoms with E-state index in [4.69, 9.17) is 4.98 Å². The average molecular weight is 522 g/mol. The number of aromatic amines is 2. The topological polar surface area (TPSA) is 68.0 Å². The van der Waals surface area contributed by atoms with Crippen LogP contribution in [0.15, 0.2) is 82.6 Å². The van der Waals surface area contributed by atoms with Crippen LogP contribution in [0.25, 0.3) is 33.7 Å². The van der Waals surface area contributed by atoms with Crippen molar-refractivity contribution >= 4 is 34.3 Å². The van der Waals surface area contributed by atoms with Gasteiger partial charge in [0, 0.05) is 58.5 Å². The van der Waals surface area contributed by atoms with E-state index >= 15 is 0 Å². The first-order chi connectivity index (χ1) is 18.5. The second kappa shape index (κ2) is 10.2. The Morgan fingerprint density at radius 2 is 1.61 bits per heavy atom. The second-order valence-corrected chi connectivity index (χ2v) is 11.1. The van der Waals surface area contributed by atoms with Crippen LogP contribution in [-0.4, -0.2) is 58.9 Å². The van der Waals surface area contributed by atoms with Crippen molar-refractivity contribution in [2.45, 2.75) is 23.6 Å². The van der Waals surface area contributed by atoms with Crippen molar-refractivity contribution in [1.82, 2.24) is 19.9 Å². The van der Waals surface area contributed by atoms with Crippen LogP contribution in [0.4, 0.5) is 5.69 Å². The number of hydrogen-bond donors (Lipinski definition) is 2. The number of fused-ring (bicyclic) bond motifs is 1. The van der Waals surface area contributed by atoms with Crippen molar-refractivity contribution in [3.05, 3.63) is 84.1 Å². The molecule has 0 unspecified atom stereocenters. The maximum absolute atomic E-state index is 12.8. The molecule has 6 nitrogen and oxygen atoms in total. The SMILES string of the molecule is CC(=O)c1c(C)[nH]c(-c2nc3ccc(N4CCN(C)CC4)cc3[nH]2)c1-c1ccc(Sc2ccccc2)cc1. The molecule has 0 radical (unpaired) electrons. The van der Waals surface area contributed by atoms with E-state index in [1.807, 2.05) is 25.1 Å². The fraction of sp³-hybridized carbons (Fsp3) is 0.226. The Morgan fingerprint density at radius 3 is 2.32 bits per heavy atom. The van der Waals surface area contributed by atoms with Crippen LogP contribution < -0.4 is 4.90 Å². The zero-order valence-electron chi connectivity index (χ0n) is 21.9. The summed E-state index contributed by atoms with van der Waals surface area (Å²) >= 11 is 1.72. The van der Waals surface area contributed by atoms with Crippen LogP contribution in [0, 0.1) is 6.92 Å². The zero-order valence-corrected chi connectivity index (χ0v) is 22.7. The molecule has 0 atom stereocenters. The van der Waals surface area contributed by atoms with Gasteiger partial charge in [0.1, 0.15) is 0 Å². The molecule has 1 saturated heterocycles. The normalized spacial score (nSPS) is 14.3. The van der Waals surface area contributed by atoms with Gasteiger partial charge in [0.05, 0.1) is 16.7 Å². The molecule has 7 heteroatoms. The van der Waals surface area contributed by atoms with E-state index in [-0.39, 0.29) is 5.78 Å². The largest absolute Gasteiger partial charge is 0.369 e. The Morgan fingerprint density at radius 1 is 0.895 bits per heavy atom. The van der Waals surface area contributed by atoms with Crippen molar-refractivity contribution in [2.75, 3.05) is 38.1 Å². The lowest BCUT2D eigenvalue weighted by molar-refractivity contribution is 0.101. The summed E-state index contributed by atoms with van der Waals surface area (Å²) < 4.78 is 0. The number of hydrogen-bond acceptors (Lipinski definition) is 5. The van der Waals surface area contributed by atoms with E-state index in [1.165, 1.54) is 10.6 Å². The first-order valence-electron chi connectivity index (χ1n) is 13.0. The number of aromatic nitrogens is 3. The number of Topliss-reactive ketones (excluding diaryl/α,β-unsaturated/α-hetero) is 1. The molecular formula is C31H31N5OS. The molecule has 5 aromatic rings. The molecular weight excluding hydrogens is 490 g/mol. The third kappa shape index (κ3) is 4.75. The highest BCUT2D eigenvalue weighted by Gasteiger charge is 2.23. The number of carbonyl (C=O) groups excluding carboxylic acids is 1. The number of likely N-dealkylation sites (N-methyl/N-ethyl adjacent to an activating group) is 1. The number of carbonyl (C=O) groups is 1. The minimum atomic E-state index is 0.0381. The first kappa shape index (κ1) is 24.5. The lowest BCUT2D eigenvalue weighted by atomic mass is 9.98. The van der Waals surface area contributed by atoms with Crippen LogP contribution >= 0.6 is 11.8 Å². The summed E-state index contributed by atoms with van der Waals surface area (Å²) in [6, 6.07) is 25.2. The number of H-pyrrole nitrogens is 2.